The van der Waals surface area contributed by atoms with Gasteiger partial charge < -0.3 is 10.6 Å². The normalized spacial score (nSPS) is 10.1. The highest BCUT2D eigenvalue weighted by Gasteiger charge is 2.05. The second kappa shape index (κ2) is 5.73. The van der Waals surface area contributed by atoms with E-state index in [1.54, 1.807) is 6.07 Å². The minimum absolute atomic E-state index is 0.0307. The van der Waals surface area contributed by atoms with Gasteiger partial charge in [-0.05, 0) is 31.7 Å². The predicted molar refractivity (Wildman–Crippen MR) is 63.4 cm³/mol. The molecule has 0 aromatic heterocycles. The zero-order valence-electron chi connectivity index (χ0n) is 8.93. The fourth-order valence-electron chi connectivity index (χ4n) is 1.19. The van der Waals surface area contributed by atoms with Crippen molar-refractivity contribution in [2.45, 2.75) is 13.3 Å². The van der Waals surface area contributed by atoms with Crippen molar-refractivity contribution in [2.24, 2.45) is 0 Å². The van der Waals surface area contributed by atoms with E-state index in [1.807, 2.05) is 26.1 Å². The summed E-state index contributed by atoms with van der Waals surface area (Å²) in [5.74, 6) is -0.0307. The van der Waals surface area contributed by atoms with Gasteiger partial charge in [-0.3, -0.25) is 4.79 Å². The highest BCUT2D eigenvalue weighted by Crippen LogP contribution is 2.22. The first-order valence-electron chi connectivity index (χ1n) is 4.84. The molecule has 4 heteroatoms. The topological polar surface area (TPSA) is 41.1 Å². The van der Waals surface area contributed by atoms with Crippen LogP contribution in [0.3, 0.4) is 0 Å². The van der Waals surface area contributed by atoms with Crippen molar-refractivity contribution in [2.75, 3.05) is 18.9 Å². The number of carbonyl (C=O) groups is 1. The summed E-state index contributed by atoms with van der Waals surface area (Å²) in [7, 11) is 1.81. The lowest BCUT2D eigenvalue weighted by atomic mass is 10.2. The summed E-state index contributed by atoms with van der Waals surface area (Å²) in [5, 5.41) is 6.26. The van der Waals surface area contributed by atoms with Gasteiger partial charge in [-0.2, -0.15) is 0 Å². The molecule has 0 bridgehead atoms. The van der Waals surface area contributed by atoms with Crippen molar-refractivity contribution in [1.82, 2.24) is 5.32 Å². The Hall–Kier alpha value is -1.06. The van der Waals surface area contributed by atoms with Crippen molar-refractivity contribution in [3.8, 4) is 0 Å². The molecule has 0 aliphatic rings. The fraction of sp³-hybridized carbons (Fsp3) is 0.364. The third-order valence-electron chi connectivity index (χ3n) is 2.00. The molecule has 0 unspecified atom stereocenters. The maximum atomic E-state index is 11.4. The number of nitrogens with one attached hydrogen (secondary N) is 2. The van der Waals surface area contributed by atoms with Crippen LogP contribution in [0.25, 0.3) is 0 Å². The Balaban J connectivity index is 2.63. The zero-order valence-corrected chi connectivity index (χ0v) is 9.69. The van der Waals surface area contributed by atoms with Gasteiger partial charge in [-0.25, -0.2) is 0 Å². The number of benzene rings is 1. The Morgan fingerprint density at radius 3 is 2.87 bits per heavy atom. The van der Waals surface area contributed by atoms with Crippen LogP contribution in [0.15, 0.2) is 18.2 Å². The van der Waals surface area contributed by atoms with Gasteiger partial charge in [-0.15, -0.1) is 0 Å². The number of anilines is 1. The quantitative estimate of drug-likeness (QED) is 0.827. The molecule has 0 fully saturated rings. The SMILES string of the molecule is CNCCC(=O)Nc1cc(C)ccc1Cl. The van der Waals surface area contributed by atoms with Gasteiger partial charge >= 0.3 is 0 Å². The van der Waals surface area contributed by atoms with E-state index in [4.69, 9.17) is 11.6 Å². The van der Waals surface area contributed by atoms with Gasteiger partial charge in [0.2, 0.25) is 5.91 Å². The van der Waals surface area contributed by atoms with Crippen molar-refractivity contribution in [3.05, 3.63) is 28.8 Å². The minimum atomic E-state index is -0.0307. The number of hydrogen-bond donors (Lipinski definition) is 2. The number of carbonyl (C=O) groups excluding carboxylic acids is 1. The van der Waals surface area contributed by atoms with E-state index in [0.717, 1.165) is 5.56 Å². The van der Waals surface area contributed by atoms with Crippen LogP contribution in [0, 0.1) is 6.92 Å². The number of amides is 1. The molecule has 15 heavy (non-hydrogen) atoms. The van der Waals surface area contributed by atoms with Gasteiger partial charge in [0, 0.05) is 13.0 Å². The maximum Gasteiger partial charge on any atom is 0.225 e. The summed E-state index contributed by atoms with van der Waals surface area (Å²) in [6.45, 7) is 2.62. The van der Waals surface area contributed by atoms with E-state index in [-0.39, 0.29) is 5.91 Å². The number of aryl methyl sites for hydroxylation is 1. The molecule has 3 nitrogen and oxygen atoms in total. The first kappa shape index (κ1) is 12.0. The van der Waals surface area contributed by atoms with Crippen LogP contribution >= 0.6 is 11.6 Å². The predicted octanol–water partition coefficient (Wildman–Crippen LogP) is 2.20. The smallest absolute Gasteiger partial charge is 0.225 e. The molecular weight excluding hydrogens is 212 g/mol. The number of hydrogen-bond acceptors (Lipinski definition) is 2. The van der Waals surface area contributed by atoms with Crippen LogP contribution in [-0.4, -0.2) is 19.5 Å². The van der Waals surface area contributed by atoms with E-state index in [1.165, 1.54) is 0 Å². The molecule has 0 heterocycles. The minimum Gasteiger partial charge on any atom is -0.325 e. The van der Waals surface area contributed by atoms with Gasteiger partial charge in [0.15, 0.2) is 0 Å². The molecule has 1 aromatic carbocycles. The molecule has 0 atom stereocenters. The summed E-state index contributed by atoms with van der Waals surface area (Å²) >= 11 is 5.94. The van der Waals surface area contributed by atoms with Crippen molar-refractivity contribution < 1.29 is 4.79 Å². The number of rotatable bonds is 4. The fourth-order valence-corrected chi connectivity index (χ4v) is 1.35. The van der Waals surface area contributed by atoms with Crippen LogP contribution in [0.2, 0.25) is 5.02 Å². The Labute approximate surface area is 94.8 Å². The molecule has 0 aliphatic carbocycles. The zero-order chi connectivity index (χ0) is 11.3. The van der Waals surface area contributed by atoms with E-state index >= 15 is 0 Å². The molecule has 0 spiro atoms. The third kappa shape index (κ3) is 3.90. The van der Waals surface area contributed by atoms with E-state index in [2.05, 4.69) is 10.6 Å². The van der Waals surface area contributed by atoms with Crippen LogP contribution < -0.4 is 10.6 Å². The van der Waals surface area contributed by atoms with Crippen molar-refractivity contribution in [3.63, 3.8) is 0 Å². The molecule has 1 amide bonds. The molecule has 82 valence electrons. The van der Waals surface area contributed by atoms with Crippen molar-refractivity contribution in [1.29, 1.82) is 0 Å². The second-order valence-corrected chi connectivity index (χ2v) is 3.79. The van der Waals surface area contributed by atoms with Gasteiger partial charge in [0.05, 0.1) is 10.7 Å². The van der Waals surface area contributed by atoms with Gasteiger partial charge in [0.25, 0.3) is 0 Å². The third-order valence-corrected chi connectivity index (χ3v) is 2.33. The lowest BCUT2D eigenvalue weighted by Crippen LogP contribution is -2.18. The Morgan fingerprint density at radius 2 is 2.20 bits per heavy atom. The van der Waals surface area contributed by atoms with Crippen LogP contribution in [0.5, 0.6) is 0 Å². The molecule has 0 saturated heterocycles. The largest absolute Gasteiger partial charge is 0.325 e. The van der Waals surface area contributed by atoms with E-state index in [9.17, 15) is 4.79 Å². The Kier molecular flexibility index (Phi) is 4.59. The van der Waals surface area contributed by atoms with Gasteiger partial charge in [-0.1, -0.05) is 17.7 Å². The molecule has 0 radical (unpaired) electrons. The lowest BCUT2D eigenvalue weighted by Gasteiger charge is -2.07. The summed E-state index contributed by atoms with van der Waals surface area (Å²) in [6.07, 6.45) is 0.445. The molecule has 1 rings (SSSR count). The first-order valence-corrected chi connectivity index (χ1v) is 5.22. The molecule has 0 saturated carbocycles. The van der Waals surface area contributed by atoms with Gasteiger partial charge in [0.1, 0.15) is 0 Å². The summed E-state index contributed by atoms with van der Waals surface area (Å²) in [6, 6.07) is 5.55. The Morgan fingerprint density at radius 1 is 1.47 bits per heavy atom. The standard InChI is InChI=1S/C11H15ClN2O/c1-8-3-4-9(12)10(7-8)14-11(15)5-6-13-2/h3-4,7,13H,5-6H2,1-2H3,(H,14,15). The second-order valence-electron chi connectivity index (χ2n) is 3.39. The highest BCUT2D eigenvalue weighted by molar-refractivity contribution is 6.33. The lowest BCUT2D eigenvalue weighted by molar-refractivity contribution is -0.116. The maximum absolute atomic E-state index is 11.4. The summed E-state index contributed by atoms with van der Waals surface area (Å²) < 4.78 is 0. The van der Waals surface area contributed by atoms with Crippen LogP contribution in [-0.2, 0) is 4.79 Å². The average molecular weight is 227 g/mol. The van der Waals surface area contributed by atoms with Crippen LogP contribution in [0.4, 0.5) is 5.69 Å². The average Bonchev–Trinajstić information content (AvgIpc) is 2.20. The monoisotopic (exact) mass is 226 g/mol. The molecule has 0 aliphatic heterocycles. The van der Waals surface area contributed by atoms with E-state index < -0.39 is 0 Å². The molecular formula is C11H15ClN2O. The first-order chi connectivity index (χ1) is 7.13. The molecule has 2 N–H and O–H groups in total. The highest BCUT2D eigenvalue weighted by atomic mass is 35.5. The summed E-state index contributed by atoms with van der Waals surface area (Å²) in [4.78, 5) is 11.4. The van der Waals surface area contributed by atoms with Crippen LogP contribution in [0.1, 0.15) is 12.0 Å². The molecule has 1 aromatic rings. The Bertz CT molecular complexity index is 352. The number of halogens is 1. The van der Waals surface area contributed by atoms with Crippen molar-refractivity contribution >= 4 is 23.2 Å². The summed E-state index contributed by atoms with van der Waals surface area (Å²) in [5.41, 5.74) is 1.75. The van der Waals surface area contributed by atoms with E-state index in [0.29, 0.717) is 23.7 Å².